The van der Waals surface area contributed by atoms with Gasteiger partial charge in [0.15, 0.2) is 0 Å². The molecule has 3 atom stereocenters. The molecule has 2 N–H and O–H groups in total. The topological polar surface area (TPSA) is 83.4 Å². The van der Waals surface area contributed by atoms with E-state index in [1.54, 1.807) is 14.2 Å². The Bertz CT molecular complexity index is 406. The minimum Gasteiger partial charge on any atom is -0.370 e. The van der Waals surface area contributed by atoms with Gasteiger partial charge in [-0.2, -0.15) is 4.98 Å². The normalized spacial score (nSPS) is 29.4. The molecule has 19 heavy (non-hydrogen) atoms. The summed E-state index contributed by atoms with van der Waals surface area (Å²) in [5.74, 6) is 1.64. The summed E-state index contributed by atoms with van der Waals surface area (Å²) in [5, 5.41) is 4.09. The smallest absolute Gasteiger partial charge is 0.257 e. The molecule has 6 nitrogen and oxygen atoms in total. The first-order valence-electron chi connectivity index (χ1n) is 6.77. The van der Waals surface area contributed by atoms with Crippen LogP contribution in [0.1, 0.15) is 50.4 Å². The van der Waals surface area contributed by atoms with Crippen LogP contribution in [0.5, 0.6) is 0 Å². The van der Waals surface area contributed by atoms with E-state index in [0.29, 0.717) is 24.2 Å². The zero-order valence-electron chi connectivity index (χ0n) is 11.9. The maximum atomic E-state index is 5.74. The van der Waals surface area contributed by atoms with Crippen molar-refractivity contribution in [1.82, 2.24) is 10.1 Å². The van der Waals surface area contributed by atoms with E-state index in [9.17, 15) is 0 Å². The molecule has 1 saturated carbocycles. The molecule has 0 radical (unpaired) electrons. The van der Waals surface area contributed by atoms with Crippen molar-refractivity contribution >= 4 is 0 Å². The Morgan fingerprint density at radius 3 is 2.89 bits per heavy atom. The quantitative estimate of drug-likeness (QED) is 0.877. The Kier molecular flexibility index (Phi) is 4.54. The lowest BCUT2D eigenvalue weighted by atomic mass is 9.78. The van der Waals surface area contributed by atoms with Crippen molar-refractivity contribution in [1.29, 1.82) is 0 Å². The number of aromatic nitrogens is 2. The van der Waals surface area contributed by atoms with Crippen LogP contribution in [0, 0.1) is 5.92 Å². The SMILES string of the molecule is COC(CN)c1nc(C2(OC)CCCC(C)C2)no1. The van der Waals surface area contributed by atoms with Gasteiger partial charge in [0.2, 0.25) is 5.82 Å². The molecule has 0 spiro atoms. The standard InChI is InChI=1S/C13H23N3O3/c1-9-5-4-6-13(7-9,18-3)12-15-11(19-16-12)10(8-14)17-2/h9-10H,4-8,14H2,1-3H3. The van der Waals surface area contributed by atoms with Gasteiger partial charge in [0.05, 0.1) is 0 Å². The summed E-state index contributed by atoms with van der Waals surface area (Å²) in [6.45, 7) is 2.54. The van der Waals surface area contributed by atoms with Gasteiger partial charge in [-0.15, -0.1) is 0 Å². The third kappa shape index (κ3) is 2.80. The van der Waals surface area contributed by atoms with E-state index in [1.165, 1.54) is 6.42 Å². The molecule has 0 aromatic carbocycles. The van der Waals surface area contributed by atoms with Gasteiger partial charge in [0, 0.05) is 20.8 Å². The zero-order valence-corrected chi connectivity index (χ0v) is 11.9. The Morgan fingerprint density at radius 2 is 2.32 bits per heavy atom. The largest absolute Gasteiger partial charge is 0.370 e. The molecule has 1 aliphatic rings. The number of methoxy groups -OCH3 is 2. The second-order valence-corrected chi connectivity index (χ2v) is 5.32. The Morgan fingerprint density at radius 1 is 1.53 bits per heavy atom. The molecule has 0 aliphatic heterocycles. The summed E-state index contributed by atoms with van der Waals surface area (Å²) >= 11 is 0. The first-order chi connectivity index (χ1) is 9.15. The fourth-order valence-corrected chi connectivity index (χ4v) is 2.83. The minimum atomic E-state index is -0.424. The van der Waals surface area contributed by atoms with Crippen molar-refractivity contribution in [2.24, 2.45) is 11.7 Å². The van der Waals surface area contributed by atoms with Gasteiger partial charge in [-0.3, -0.25) is 0 Å². The lowest BCUT2D eigenvalue weighted by Gasteiger charge is -2.36. The average molecular weight is 269 g/mol. The van der Waals surface area contributed by atoms with E-state index in [4.69, 9.17) is 19.7 Å². The summed E-state index contributed by atoms with van der Waals surface area (Å²) in [6, 6.07) is 0. The molecular formula is C13H23N3O3. The van der Waals surface area contributed by atoms with Crippen LogP contribution in [0.2, 0.25) is 0 Å². The molecule has 1 heterocycles. The van der Waals surface area contributed by atoms with Crippen LogP contribution in [0.4, 0.5) is 0 Å². The van der Waals surface area contributed by atoms with E-state index in [1.807, 2.05) is 0 Å². The second-order valence-electron chi connectivity index (χ2n) is 5.32. The third-order valence-corrected chi connectivity index (χ3v) is 3.97. The minimum absolute atomic E-state index is 0.314. The summed E-state index contributed by atoms with van der Waals surface area (Å²) in [4.78, 5) is 4.45. The highest BCUT2D eigenvalue weighted by Gasteiger charge is 2.41. The highest BCUT2D eigenvalue weighted by atomic mass is 16.5. The van der Waals surface area contributed by atoms with Crippen LogP contribution < -0.4 is 5.73 Å². The van der Waals surface area contributed by atoms with Gasteiger partial charge in [0.1, 0.15) is 11.7 Å². The molecule has 0 saturated heterocycles. The van der Waals surface area contributed by atoms with Crippen molar-refractivity contribution in [3.63, 3.8) is 0 Å². The van der Waals surface area contributed by atoms with Crippen LogP contribution in [0.15, 0.2) is 4.52 Å². The second kappa shape index (κ2) is 5.98. The predicted octanol–water partition coefficient (Wildman–Crippen LogP) is 1.77. The van der Waals surface area contributed by atoms with Crippen LogP contribution in [-0.4, -0.2) is 30.9 Å². The van der Waals surface area contributed by atoms with Crippen LogP contribution >= 0.6 is 0 Å². The summed E-state index contributed by atoms with van der Waals surface area (Å²) in [6.07, 6.45) is 3.83. The molecule has 1 aliphatic carbocycles. The monoisotopic (exact) mass is 269 g/mol. The fraction of sp³-hybridized carbons (Fsp3) is 0.846. The van der Waals surface area contributed by atoms with Gasteiger partial charge in [-0.25, -0.2) is 0 Å². The van der Waals surface area contributed by atoms with Gasteiger partial charge >= 0.3 is 0 Å². The molecule has 0 amide bonds. The maximum Gasteiger partial charge on any atom is 0.257 e. The van der Waals surface area contributed by atoms with E-state index < -0.39 is 5.60 Å². The Balaban J connectivity index is 2.24. The van der Waals surface area contributed by atoms with Gasteiger partial charge in [0.25, 0.3) is 5.89 Å². The molecule has 1 aromatic heterocycles. The summed E-state index contributed by atoms with van der Waals surface area (Å²) in [7, 11) is 3.29. The van der Waals surface area contributed by atoms with Gasteiger partial charge in [-0.1, -0.05) is 18.5 Å². The van der Waals surface area contributed by atoms with Crippen molar-refractivity contribution in [2.45, 2.75) is 44.3 Å². The number of ether oxygens (including phenoxy) is 2. The molecular weight excluding hydrogens is 246 g/mol. The van der Waals surface area contributed by atoms with Crippen LogP contribution in [0.3, 0.4) is 0 Å². The molecule has 3 unspecified atom stereocenters. The highest BCUT2D eigenvalue weighted by Crippen LogP contribution is 2.41. The fourth-order valence-electron chi connectivity index (χ4n) is 2.83. The zero-order chi connectivity index (χ0) is 13.9. The third-order valence-electron chi connectivity index (χ3n) is 3.97. The van der Waals surface area contributed by atoms with Crippen molar-refractivity contribution < 1.29 is 14.0 Å². The molecule has 6 heteroatoms. The number of nitrogens with two attached hydrogens (primary N) is 1. The van der Waals surface area contributed by atoms with E-state index >= 15 is 0 Å². The maximum absolute atomic E-state index is 5.74. The molecule has 108 valence electrons. The number of nitrogens with zero attached hydrogens (tertiary/aromatic N) is 2. The molecule has 0 bridgehead atoms. The average Bonchev–Trinajstić information content (AvgIpc) is 2.90. The highest BCUT2D eigenvalue weighted by molar-refractivity contribution is 5.05. The van der Waals surface area contributed by atoms with Gasteiger partial charge in [-0.05, 0) is 25.2 Å². The lowest BCUT2D eigenvalue weighted by Crippen LogP contribution is -2.35. The van der Waals surface area contributed by atoms with Crippen LogP contribution in [-0.2, 0) is 15.1 Å². The van der Waals surface area contributed by atoms with Crippen molar-refractivity contribution in [3.8, 4) is 0 Å². The number of hydrogen-bond acceptors (Lipinski definition) is 6. The summed E-state index contributed by atoms with van der Waals surface area (Å²) in [5.41, 5.74) is 5.18. The molecule has 2 rings (SSSR count). The Labute approximate surface area is 113 Å². The van der Waals surface area contributed by atoms with E-state index in [-0.39, 0.29) is 6.10 Å². The Hall–Kier alpha value is -0.980. The molecule has 1 fully saturated rings. The van der Waals surface area contributed by atoms with Crippen molar-refractivity contribution in [3.05, 3.63) is 11.7 Å². The number of hydrogen-bond donors (Lipinski definition) is 1. The lowest BCUT2D eigenvalue weighted by molar-refractivity contribution is -0.0658. The predicted molar refractivity (Wildman–Crippen MR) is 69.4 cm³/mol. The van der Waals surface area contributed by atoms with E-state index in [0.717, 1.165) is 19.3 Å². The van der Waals surface area contributed by atoms with Gasteiger partial charge < -0.3 is 19.7 Å². The first-order valence-corrected chi connectivity index (χ1v) is 6.77. The van der Waals surface area contributed by atoms with E-state index in [2.05, 4.69) is 17.1 Å². The summed E-state index contributed by atoms with van der Waals surface area (Å²) < 4.78 is 16.2. The molecule has 1 aromatic rings. The van der Waals surface area contributed by atoms with Crippen LogP contribution in [0.25, 0.3) is 0 Å². The first kappa shape index (κ1) is 14.4. The van der Waals surface area contributed by atoms with Crippen molar-refractivity contribution in [2.75, 3.05) is 20.8 Å². The number of rotatable bonds is 5.